The minimum atomic E-state index is -0.354. The highest BCUT2D eigenvalue weighted by Gasteiger charge is 2.17. The summed E-state index contributed by atoms with van der Waals surface area (Å²) >= 11 is 12.9. The van der Waals surface area contributed by atoms with Crippen LogP contribution in [0.5, 0.6) is 0 Å². The van der Waals surface area contributed by atoms with Gasteiger partial charge in [0.1, 0.15) is 4.88 Å². The van der Waals surface area contributed by atoms with Gasteiger partial charge in [0.15, 0.2) is 5.11 Å². The molecule has 0 saturated carbocycles. The van der Waals surface area contributed by atoms with Crippen LogP contribution >= 0.6 is 35.2 Å². The van der Waals surface area contributed by atoms with Crippen LogP contribution in [0.3, 0.4) is 0 Å². The first-order valence-corrected chi connectivity index (χ1v) is 10.3. The fraction of sp³-hybridized carbons (Fsp3) is 0.150. The molecule has 0 fully saturated rings. The molecule has 8 heteroatoms. The first-order valence-electron chi connectivity index (χ1n) is 8.67. The van der Waals surface area contributed by atoms with E-state index in [1.807, 2.05) is 31.2 Å². The molecule has 0 aliphatic carbocycles. The standard InChI is InChI=1S/C20H18ClN3O2S2/c1-2-5-16(25)22-12-8-10-13(11-9-12)23-20(27)24-19(26)18-17(21)14-6-3-4-7-15(14)28-18/h3-4,6-11H,2,5H2,1H3,(H,22,25)(H2,23,24,26,27). The van der Waals surface area contributed by atoms with Crippen molar-refractivity contribution in [2.75, 3.05) is 10.6 Å². The average molecular weight is 432 g/mol. The first kappa shape index (κ1) is 20.3. The largest absolute Gasteiger partial charge is 0.332 e. The van der Waals surface area contributed by atoms with Crippen molar-refractivity contribution in [3.8, 4) is 0 Å². The summed E-state index contributed by atoms with van der Waals surface area (Å²) in [7, 11) is 0. The summed E-state index contributed by atoms with van der Waals surface area (Å²) in [5.74, 6) is -0.377. The Bertz CT molecular complexity index is 1030. The monoisotopic (exact) mass is 431 g/mol. The van der Waals surface area contributed by atoms with Gasteiger partial charge in [-0.1, -0.05) is 36.7 Å². The van der Waals surface area contributed by atoms with Gasteiger partial charge < -0.3 is 10.6 Å². The quantitative estimate of drug-likeness (QED) is 0.472. The van der Waals surface area contributed by atoms with Crippen molar-refractivity contribution in [2.24, 2.45) is 0 Å². The molecular formula is C20H18ClN3O2S2. The highest BCUT2D eigenvalue weighted by atomic mass is 35.5. The van der Waals surface area contributed by atoms with Crippen molar-refractivity contribution in [1.82, 2.24) is 5.32 Å². The number of benzene rings is 2. The molecule has 28 heavy (non-hydrogen) atoms. The average Bonchev–Trinajstić information content (AvgIpc) is 3.01. The molecule has 0 bridgehead atoms. The molecular weight excluding hydrogens is 414 g/mol. The van der Waals surface area contributed by atoms with Crippen LogP contribution in [-0.2, 0) is 4.79 Å². The van der Waals surface area contributed by atoms with Crippen LogP contribution in [0.15, 0.2) is 48.5 Å². The predicted octanol–water partition coefficient (Wildman–Crippen LogP) is 5.42. The molecule has 1 aromatic heterocycles. The van der Waals surface area contributed by atoms with Crippen molar-refractivity contribution in [1.29, 1.82) is 0 Å². The summed E-state index contributed by atoms with van der Waals surface area (Å²) in [4.78, 5) is 24.5. The maximum absolute atomic E-state index is 12.5. The van der Waals surface area contributed by atoms with E-state index in [0.29, 0.717) is 27.7 Å². The summed E-state index contributed by atoms with van der Waals surface area (Å²) in [5, 5.41) is 9.85. The fourth-order valence-electron chi connectivity index (χ4n) is 2.57. The van der Waals surface area contributed by atoms with Gasteiger partial charge in [-0.2, -0.15) is 0 Å². The summed E-state index contributed by atoms with van der Waals surface area (Å²) in [6, 6.07) is 14.6. The topological polar surface area (TPSA) is 70.2 Å². The van der Waals surface area contributed by atoms with Crippen molar-refractivity contribution in [2.45, 2.75) is 19.8 Å². The number of nitrogens with one attached hydrogen (secondary N) is 3. The van der Waals surface area contributed by atoms with Crippen LogP contribution < -0.4 is 16.0 Å². The van der Waals surface area contributed by atoms with Crippen molar-refractivity contribution in [3.05, 3.63) is 58.4 Å². The van der Waals surface area contributed by atoms with Gasteiger partial charge in [0.2, 0.25) is 5.91 Å². The van der Waals surface area contributed by atoms with E-state index in [0.717, 1.165) is 16.5 Å². The number of thiocarbonyl (C=S) groups is 1. The van der Waals surface area contributed by atoms with Gasteiger partial charge in [-0.05, 0) is 49.0 Å². The van der Waals surface area contributed by atoms with Crippen LogP contribution in [0.2, 0.25) is 5.02 Å². The van der Waals surface area contributed by atoms with E-state index in [9.17, 15) is 9.59 Å². The lowest BCUT2D eigenvalue weighted by molar-refractivity contribution is -0.116. The Labute approximate surface area is 177 Å². The molecule has 2 amide bonds. The summed E-state index contributed by atoms with van der Waals surface area (Å²) < 4.78 is 0.942. The SMILES string of the molecule is CCCC(=O)Nc1ccc(NC(=S)NC(=O)c2sc3ccccc3c2Cl)cc1. The van der Waals surface area contributed by atoms with Crippen LogP contribution in [0.25, 0.3) is 10.1 Å². The second-order valence-corrected chi connectivity index (χ2v) is 7.86. The third-order valence-electron chi connectivity index (χ3n) is 3.87. The molecule has 0 aliphatic rings. The normalized spacial score (nSPS) is 10.5. The number of hydrogen-bond donors (Lipinski definition) is 3. The summed E-state index contributed by atoms with van der Waals surface area (Å²) in [6.07, 6.45) is 1.28. The van der Waals surface area contributed by atoms with Crippen LogP contribution in [-0.4, -0.2) is 16.9 Å². The number of fused-ring (bicyclic) bond motifs is 1. The zero-order chi connectivity index (χ0) is 20.1. The van der Waals surface area contributed by atoms with Gasteiger partial charge in [0.25, 0.3) is 5.91 Å². The number of carbonyl (C=O) groups excluding carboxylic acids is 2. The minimum Gasteiger partial charge on any atom is -0.332 e. The Balaban J connectivity index is 1.61. The smallest absolute Gasteiger partial charge is 0.269 e. The molecule has 3 N–H and O–H groups in total. The number of thiophene rings is 1. The Morgan fingerprint density at radius 3 is 2.32 bits per heavy atom. The van der Waals surface area contributed by atoms with Gasteiger partial charge in [0.05, 0.1) is 5.02 Å². The Kier molecular flexibility index (Phi) is 6.61. The van der Waals surface area contributed by atoms with E-state index < -0.39 is 0 Å². The Hall–Kier alpha value is -2.48. The van der Waals surface area contributed by atoms with E-state index in [-0.39, 0.29) is 16.9 Å². The minimum absolute atomic E-state index is 0.0220. The zero-order valence-electron chi connectivity index (χ0n) is 15.0. The van der Waals surface area contributed by atoms with Crippen LogP contribution in [0.1, 0.15) is 29.4 Å². The molecule has 0 unspecified atom stereocenters. The molecule has 5 nitrogen and oxygen atoms in total. The number of rotatable bonds is 5. The fourth-order valence-corrected chi connectivity index (χ4v) is 4.19. The van der Waals surface area contributed by atoms with E-state index >= 15 is 0 Å². The van der Waals surface area contributed by atoms with Gasteiger partial charge in [-0.3, -0.25) is 14.9 Å². The second-order valence-electron chi connectivity index (χ2n) is 6.03. The van der Waals surface area contributed by atoms with E-state index in [1.54, 1.807) is 24.3 Å². The van der Waals surface area contributed by atoms with Gasteiger partial charge >= 0.3 is 0 Å². The molecule has 2 aromatic carbocycles. The number of halogens is 1. The second kappa shape index (κ2) is 9.14. The lowest BCUT2D eigenvalue weighted by atomic mass is 10.2. The molecule has 3 aromatic rings. The van der Waals surface area contributed by atoms with Crippen molar-refractivity contribution >= 4 is 73.5 Å². The number of hydrogen-bond acceptors (Lipinski definition) is 4. The molecule has 0 aliphatic heterocycles. The van der Waals surface area contributed by atoms with Crippen molar-refractivity contribution < 1.29 is 9.59 Å². The number of anilines is 2. The Morgan fingerprint density at radius 1 is 1.04 bits per heavy atom. The highest BCUT2D eigenvalue weighted by molar-refractivity contribution is 7.80. The molecule has 144 valence electrons. The molecule has 0 saturated heterocycles. The molecule has 3 rings (SSSR count). The van der Waals surface area contributed by atoms with E-state index in [2.05, 4.69) is 16.0 Å². The summed E-state index contributed by atoms with van der Waals surface area (Å²) in [6.45, 7) is 1.95. The van der Waals surface area contributed by atoms with Crippen LogP contribution in [0.4, 0.5) is 11.4 Å². The van der Waals surface area contributed by atoms with Gasteiger partial charge in [-0.25, -0.2) is 0 Å². The molecule has 0 atom stereocenters. The Morgan fingerprint density at radius 2 is 1.68 bits per heavy atom. The predicted molar refractivity (Wildman–Crippen MR) is 121 cm³/mol. The number of carbonyl (C=O) groups is 2. The maximum atomic E-state index is 12.5. The highest BCUT2D eigenvalue weighted by Crippen LogP contribution is 2.34. The third-order valence-corrected chi connectivity index (χ3v) is 5.75. The lowest BCUT2D eigenvalue weighted by Gasteiger charge is -2.10. The summed E-state index contributed by atoms with van der Waals surface area (Å²) in [5.41, 5.74) is 1.40. The van der Waals surface area contributed by atoms with Gasteiger partial charge in [0, 0.05) is 27.9 Å². The van der Waals surface area contributed by atoms with Crippen molar-refractivity contribution in [3.63, 3.8) is 0 Å². The van der Waals surface area contributed by atoms with Crippen LogP contribution in [0, 0.1) is 0 Å². The third kappa shape index (κ3) is 4.86. The zero-order valence-corrected chi connectivity index (χ0v) is 17.4. The number of amides is 2. The molecule has 0 spiro atoms. The van der Waals surface area contributed by atoms with E-state index in [1.165, 1.54) is 11.3 Å². The van der Waals surface area contributed by atoms with Gasteiger partial charge in [-0.15, -0.1) is 11.3 Å². The molecule has 1 heterocycles. The maximum Gasteiger partial charge on any atom is 0.269 e. The van der Waals surface area contributed by atoms with E-state index in [4.69, 9.17) is 23.8 Å². The first-order chi connectivity index (χ1) is 13.5. The lowest BCUT2D eigenvalue weighted by Crippen LogP contribution is -2.33. The molecule has 0 radical (unpaired) electrons.